The van der Waals surface area contributed by atoms with Gasteiger partial charge in [0, 0.05) is 12.1 Å². The summed E-state index contributed by atoms with van der Waals surface area (Å²) in [4.78, 5) is 11.7. The van der Waals surface area contributed by atoms with Crippen molar-refractivity contribution in [2.75, 3.05) is 13.1 Å². The summed E-state index contributed by atoms with van der Waals surface area (Å²) in [7, 11) is 0. The average molecular weight is 295 g/mol. The summed E-state index contributed by atoms with van der Waals surface area (Å²) in [6.45, 7) is 7.75. The second-order valence-corrected chi connectivity index (χ2v) is 6.51. The van der Waals surface area contributed by atoms with Crippen LogP contribution in [-0.2, 0) is 6.54 Å². The molecule has 1 fully saturated rings. The van der Waals surface area contributed by atoms with Gasteiger partial charge < -0.3 is 0 Å². The molecule has 22 heavy (non-hydrogen) atoms. The number of rotatable bonds is 4. The van der Waals surface area contributed by atoms with E-state index in [0.717, 1.165) is 23.5 Å². The molecule has 0 bridgehead atoms. The van der Waals surface area contributed by atoms with Crippen molar-refractivity contribution in [3.8, 4) is 11.3 Å². The summed E-state index contributed by atoms with van der Waals surface area (Å²) >= 11 is 0. The van der Waals surface area contributed by atoms with Crippen LogP contribution in [0.25, 0.3) is 11.3 Å². The third kappa shape index (κ3) is 3.72. The van der Waals surface area contributed by atoms with Gasteiger partial charge in [-0.05, 0) is 43.5 Å². The van der Waals surface area contributed by atoms with Crippen molar-refractivity contribution in [2.24, 2.45) is 0 Å². The monoisotopic (exact) mass is 295 g/mol. The number of likely N-dealkylation sites (tertiary alicyclic amines) is 1. The Labute approximate surface area is 133 Å². The molecule has 1 aliphatic heterocycles. The van der Waals surface area contributed by atoms with Gasteiger partial charge in [-0.25, -0.2) is 0 Å². The van der Waals surface area contributed by atoms with E-state index in [4.69, 9.17) is 0 Å². The van der Waals surface area contributed by atoms with E-state index in [-0.39, 0.29) is 0 Å². The van der Waals surface area contributed by atoms with Crippen LogP contribution in [0.15, 0.2) is 36.7 Å². The van der Waals surface area contributed by atoms with Gasteiger partial charge in [-0.1, -0.05) is 38.5 Å². The first-order valence-electron chi connectivity index (χ1n) is 8.36. The highest BCUT2D eigenvalue weighted by Gasteiger charge is 2.11. The highest BCUT2D eigenvalue weighted by Crippen LogP contribution is 2.22. The zero-order valence-corrected chi connectivity index (χ0v) is 13.6. The normalized spacial score (nSPS) is 16.1. The van der Waals surface area contributed by atoms with Crippen LogP contribution in [-0.4, -0.2) is 28.0 Å². The number of benzene rings is 1. The topological polar surface area (TPSA) is 29.0 Å². The minimum Gasteiger partial charge on any atom is -0.297 e. The fraction of sp³-hybridized carbons (Fsp3) is 0.474. The molecule has 0 atom stereocenters. The van der Waals surface area contributed by atoms with Gasteiger partial charge in [-0.3, -0.25) is 14.9 Å². The maximum atomic E-state index is 4.63. The standard InChI is InChI=1S/C19H25N3/c1-15(2)16-7-6-8-17(11-16)19-13-20-18(12-21-19)14-22-9-4-3-5-10-22/h6-8,11-13,15H,3-5,9-10,14H2,1-2H3. The summed E-state index contributed by atoms with van der Waals surface area (Å²) in [6.07, 6.45) is 7.85. The van der Waals surface area contributed by atoms with Crippen molar-refractivity contribution in [1.29, 1.82) is 0 Å². The quantitative estimate of drug-likeness (QED) is 0.844. The van der Waals surface area contributed by atoms with Crippen molar-refractivity contribution in [3.05, 3.63) is 47.9 Å². The first-order valence-corrected chi connectivity index (χ1v) is 8.36. The van der Waals surface area contributed by atoms with E-state index in [1.165, 1.54) is 37.9 Å². The van der Waals surface area contributed by atoms with Crippen LogP contribution < -0.4 is 0 Å². The van der Waals surface area contributed by atoms with Gasteiger partial charge in [0.2, 0.25) is 0 Å². The SMILES string of the molecule is CC(C)c1cccc(-c2cnc(CN3CCCCC3)cn2)c1. The smallest absolute Gasteiger partial charge is 0.0885 e. The summed E-state index contributed by atoms with van der Waals surface area (Å²) < 4.78 is 0. The van der Waals surface area contributed by atoms with E-state index < -0.39 is 0 Å². The molecule has 3 rings (SSSR count). The Kier molecular flexibility index (Phi) is 4.84. The van der Waals surface area contributed by atoms with Gasteiger partial charge in [-0.2, -0.15) is 0 Å². The lowest BCUT2D eigenvalue weighted by atomic mass is 10.00. The molecule has 116 valence electrons. The van der Waals surface area contributed by atoms with Crippen molar-refractivity contribution >= 4 is 0 Å². The Morgan fingerprint density at radius 1 is 1.05 bits per heavy atom. The Bertz CT molecular complexity index is 598. The summed E-state index contributed by atoms with van der Waals surface area (Å²) in [6, 6.07) is 8.61. The second kappa shape index (κ2) is 7.01. The van der Waals surface area contributed by atoms with Crippen LogP contribution in [0.5, 0.6) is 0 Å². The van der Waals surface area contributed by atoms with Gasteiger partial charge in [0.25, 0.3) is 0 Å². The van der Waals surface area contributed by atoms with E-state index in [9.17, 15) is 0 Å². The molecule has 3 heteroatoms. The third-order valence-corrected chi connectivity index (χ3v) is 4.39. The summed E-state index contributed by atoms with van der Waals surface area (Å²) in [5, 5.41) is 0. The molecule has 0 unspecified atom stereocenters. The van der Waals surface area contributed by atoms with E-state index in [2.05, 4.69) is 53.0 Å². The van der Waals surface area contributed by atoms with E-state index in [0.29, 0.717) is 5.92 Å². The summed E-state index contributed by atoms with van der Waals surface area (Å²) in [5.41, 5.74) is 4.54. The van der Waals surface area contributed by atoms with E-state index in [1.54, 1.807) is 0 Å². The van der Waals surface area contributed by atoms with Crippen LogP contribution in [0.1, 0.15) is 50.3 Å². The van der Waals surface area contributed by atoms with Crippen LogP contribution >= 0.6 is 0 Å². The molecule has 1 aliphatic rings. The molecule has 1 aromatic carbocycles. The Morgan fingerprint density at radius 2 is 1.86 bits per heavy atom. The lowest BCUT2D eigenvalue weighted by Gasteiger charge is -2.25. The number of piperidine rings is 1. The predicted octanol–water partition coefficient (Wildman–Crippen LogP) is 4.25. The van der Waals surface area contributed by atoms with E-state index >= 15 is 0 Å². The van der Waals surface area contributed by atoms with Crippen molar-refractivity contribution in [1.82, 2.24) is 14.9 Å². The Hall–Kier alpha value is -1.74. The molecular weight excluding hydrogens is 270 g/mol. The number of hydrogen-bond acceptors (Lipinski definition) is 3. The molecule has 1 saturated heterocycles. The molecule has 0 spiro atoms. The molecule has 2 heterocycles. The van der Waals surface area contributed by atoms with E-state index in [1.807, 2.05) is 12.4 Å². The first-order chi connectivity index (χ1) is 10.7. The van der Waals surface area contributed by atoms with Gasteiger partial charge in [0.05, 0.1) is 23.8 Å². The van der Waals surface area contributed by atoms with Crippen LogP contribution in [0.3, 0.4) is 0 Å². The van der Waals surface area contributed by atoms with Crippen molar-refractivity contribution in [2.45, 2.75) is 45.6 Å². The molecule has 1 aromatic heterocycles. The minimum absolute atomic E-state index is 0.534. The molecule has 0 N–H and O–H groups in total. The fourth-order valence-electron chi connectivity index (χ4n) is 2.99. The zero-order chi connectivity index (χ0) is 15.4. The average Bonchev–Trinajstić information content (AvgIpc) is 2.56. The van der Waals surface area contributed by atoms with Crippen LogP contribution in [0, 0.1) is 0 Å². The third-order valence-electron chi connectivity index (χ3n) is 4.39. The van der Waals surface area contributed by atoms with Crippen molar-refractivity contribution in [3.63, 3.8) is 0 Å². The van der Waals surface area contributed by atoms with Gasteiger partial charge in [-0.15, -0.1) is 0 Å². The van der Waals surface area contributed by atoms with Crippen molar-refractivity contribution < 1.29 is 0 Å². The number of nitrogens with zero attached hydrogens (tertiary/aromatic N) is 3. The summed E-state index contributed by atoms with van der Waals surface area (Å²) in [5.74, 6) is 0.534. The lowest BCUT2D eigenvalue weighted by Crippen LogP contribution is -2.29. The number of aromatic nitrogens is 2. The lowest BCUT2D eigenvalue weighted by molar-refractivity contribution is 0.218. The van der Waals surface area contributed by atoms with Gasteiger partial charge in [0.1, 0.15) is 0 Å². The Balaban J connectivity index is 1.72. The van der Waals surface area contributed by atoms with Gasteiger partial charge >= 0.3 is 0 Å². The number of hydrogen-bond donors (Lipinski definition) is 0. The minimum atomic E-state index is 0.534. The molecule has 3 nitrogen and oxygen atoms in total. The maximum absolute atomic E-state index is 4.63. The molecular formula is C19H25N3. The Morgan fingerprint density at radius 3 is 2.55 bits per heavy atom. The molecule has 0 saturated carbocycles. The maximum Gasteiger partial charge on any atom is 0.0885 e. The first kappa shape index (κ1) is 15.2. The predicted molar refractivity (Wildman–Crippen MR) is 90.7 cm³/mol. The van der Waals surface area contributed by atoms with Crippen LogP contribution in [0.4, 0.5) is 0 Å². The molecule has 0 aliphatic carbocycles. The fourth-order valence-corrected chi connectivity index (χ4v) is 2.99. The highest BCUT2D eigenvalue weighted by molar-refractivity contribution is 5.59. The second-order valence-electron chi connectivity index (χ2n) is 6.51. The zero-order valence-electron chi connectivity index (χ0n) is 13.6. The molecule has 2 aromatic rings. The van der Waals surface area contributed by atoms with Gasteiger partial charge in [0.15, 0.2) is 0 Å². The largest absolute Gasteiger partial charge is 0.297 e. The van der Waals surface area contributed by atoms with Crippen LogP contribution in [0.2, 0.25) is 0 Å². The highest BCUT2D eigenvalue weighted by atomic mass is 15.1. The molecule has 0 radical (unpaired) electrons. The molecule has 0 amide bonds.